The van der Waals surface area contributed by atoms with Gasteiger partial charge in [0.2, 0.25) is 5.96 Å². The second-order valence-corrected chi connectivity index (χ2v) is 9.10. The van der Waals surface area contributed by atoms with Gasteiger partial charge in [0.25, 0.3) is 5.91 Å². The Morgan fingerprint density at radius 1 is 1.00 bits per heavy atom. The van der Waals surface area contributed by atoms with E-state index < -0.39 is 12.2 Å². The molecular formula is C25H29N5O2. The van der Waals surface area contributed by atoms with E-state index in [4.69, 9.17) is 4.99 Å². The van der Waals surface area contributed by atoms with Gasteiger partial charge in [-0.05, 0) is 56.0 Å². The van der Waals surface area contributed by atoms with Crippen LogP contribution in [0.25, 0.3) is 0 Å². The highest BCUT2D eigenvalue weighted by molar-refractivity contribution is 6.08. The van der Waals surface area contributed by atoms with Crippen molar-refractivity contribution in [3.05, 3.63) is 64.2 Å². The SMILES string of the molecule is Cc1ccc(C)c(CN2C(=O)C3C(N=C4N(c5cccc(C)c5C)CCN43)N(C)C2=O)c1. The van der Waals surface area contributed by atoms with E-state index in [0.29, 0.717) is 6.54 Å². The molecule has 7 heteroatoms. The second kappa shape index (κ2) is 7.36. The number of hydrogen-bond donors (Lipinski definition) is 0. The Labute approximate surface area is 188 Å². The monoisotopic (exact) mass is 431 g/mol. The zero-order chi connectivity index (χ0) is 22.7. The van der Waals surface area contributed by atoms with E-state index in [0.717, 1.165) is 34.9 Å². The summed E-state index contributed by atoms with van der Waals surface area (Å²) in [6, 6.07) is 11.6. The maximum Gasteiger partial charge on any atom is 0.328 e. The number of carbonyl (C=O) groups is 2. The summed E-state index contributed by atoms with van der Waals surface area (Å²) in [6.07, 6.45) is -0.493. The molecule has 0 radical (unpaired) electrons. The number of fused-ring (bicyclic) bond motifs is 3. The molecule has 0 saturated carbocycles. The van der Waals surface area contributed by atoms with Crippen molar-refractivity contribution in [1.29, 1.82) is 0 Å². The number of urea groups is 1. The van der Waals surface area contributed by atoms with Crippen molar-refractivity contribution in [1.82, 2.24) is 14.7 Å². The van der Waals surface area contributed by atoms with Crippen molar-refractivity contribution in [2.24, 2.45) is 4.99 Å². The van der Waals surface area contributed by atoms with Crippen molar-refractivity contribution >= 4 is 23.6 Å². The Kier molecular flexibility index (Phi) is 4.73. The predicted octanol–water partition coefficient (Wildman–Crippen LogP) is 3.20. The molecule has 2 atom stereocenters. The Morgan fingerprint density at radius 3 is 2.56 bits per heavy atom. The fourth-order valence-electron chi connectivity index (χ4n) is 4.98. The van der Waals surface area contributed by atoms with Crippen LogP contribution >= 0.6 is 0 Å². The van der Waals surface area contributed by atoms with Gasteiger partial charge >= 0.3 is 6.03 Å². The van der Waals surface area contributed by atoms with E-state index >= 15 is 0 Å². The number of hydrogen-bond acceptors (Lipinski definition) is 5. The van der Waals surface area contributed by atoms with Crippen LogP contribution < -0.4 is 4.90 Å². The van der Waals surface area contributed by atoms with Crippen LogP contribution in [0.1, 0.15) is 27.8 Å². The minimum absolute atomic E-state index is 0.166. The van der Waals surface area contributed by atoms with Crippen molar-refractivity contribution in [2.45, 2.75) is 46.4 Å². The first-order valence-corrected chi connectivity index (χ1v) is 11.1. The molecule has 0 bridgehead atoms. The summed E-state index contributed by atoms with van der Waals surface area (Å²) in [5, 5.41) is 0. The van der Waals surface area contributed by atoms with Gasteiger partial charge in [0.05, 0.1) is 6.54 Å². The highest BCUT2D eigenvalue weighted by atomic mass is 16.2. The highest BCUT2D eigenvalue weighted by Crippen LogP contribution is 2.35. The van der Waals surface area contributed by atoms with Gasteiger partial charge in [0.15, 0.2) is 12.2 Å². The number of anilines is 1. The number of aryl methyl sites for hydroxylation is 3. The summed E-state index contributed by atoms with van der Waals surface area (Å²) in [6.45, 7) is 10.0. The van der Waals surface area contributed by atoms with Gasteiger partial charge in [-0.25, -0.2) is 9.79 Å². The van der Waals surface area contributed by atoms with Gasteiger partial charge in [0.1, 0.15) is 0 Å². The van der Waals surface area contributed by atoms with Crippen molar-refractivity contribution in [3.63, 3.8) is 0 Å². The van der Waals surface area contributed by atoms with E-state index in [1.54, 1.807) is 11.9 Å². The number of nitrogens with zero attached hydrogens (tertiary/aromatic N) is 5. The molecule has 0 N–H and O–H groups in total. The van der Waals surface area contributed by atoms with E-state index in [9.17, 15) is 9.59 Å². The highest BCUT2D eigenvalue weighted by Gasteiger charge is 2.54. The molecule has 2 aromatic carbocycles. The van der Waals surface area contributed by atoms with Gasteiger partial charge in [-0.2, -0.15) is 0 Å². The molecule has 3 aliphatic heterocycles. The Hall–Kier alpha value is -3.35. The Bertz CT molecular complexity index is 1160. The minimum atomic E-state index is -0.493. The lowest BCUT2D eigenvalue weighted by atomic mass is 10.0. The molecule has 7 nitrogen and oxygen atoms in total. The molecule has 2 aromatic rings. The first kappa shape index (κ1) is 20.5. The zero-order valence-electron chi connectivity index (χ0n) is 19.3. The molecule has 0 aliphatic carbocycles. The van der Waals surface area contributed by atoms with Crippen LogP contribution in [-0.2, 0) is 11.3 Å². The first-order valence-electron chi connectivity index (χ1n) is 11.1. The fraction of sp³-hybridized carbons (Fsp3) is 0.400. The fourth-order valence-corrected chi connectivity index (χ4v) is 4.98. The summed E-state index contributed by atoms with van der Waals surface area (Å²) in [5.41, 5.74) is 6.73. The third-order valence-electron chi connectivity index (χ3n) is 7.08. The number of imide groups is 1. The van der Waals surface area contributed by atoms with Crippen LogP contribution in [0.5, 0.6) is 0 Å². The van der Waals surface area contributed by atoms with Crippen LogP contribution in [0.2, 0.25) is 0 Å². The van der Waals surface area contributed by atoms with Gasteiger partial charge in [-0.3, -0.25) is 9.69 Å². The number of benzene rings is 2. The van der Waals surface area contributed by atoms with E-state index in [1.165, 1.54) is 16.0 Å². The summed E-state index contributed by atoms with van der Waals surface area (Å²) in [7, 11) is 1.75. The normalized spacial score (nSPS) is 22.5. The molecular weight excluding hydrogens is 402 g/mol. The molecule has 2 fully saturated rings. The lowest BCUT2D eigenvalue weighted by Crippen LogP contribution is -2.64. The van der Waals surface area contributed by atoms with Gasteiger partial charge in [-0.15, -0.1) is 0 Å². The number of carbonyl (C=O) groups excluding carboxylic acids is 2. The molecule has 0 spiro atoms. The maximum atomic E-state index is 13.6. The topological polar surface area (TPSA) is 59.5 Å². The number of guanidine groups is 1. The zero-order valence-corrected chi connectivity index (χ0v) is 19.3. The van der Waals surface area contributed by atoms with Crippen LogP contribution in [0.15, 0.2) is 41.4 Å². The van der Waals surface area contributed by atoms with Crippen LogP contribution in [0.3, 0.4) is 0 Å². The maximum absolute atomic E-state index is 13.6. The van der Waals surface area contributed by atoms with E-state index in [-0.39, 0.29) is 18.5 Å². The average Bonchev–Trinajstić information content (AvgIpc) is 3.33. The largest absolute Gasteiger partial charge is 0.328 e. The molecule has 5 rings (SSSR count). The molecule has 3 amide bonds. The third kappa shape index (κ3) is 2.98. The molecule has 166 valence electrons. The summed E-state index contributed by atoms with van der Waals surface area (Å²) in [4.78, 5) is 38.9. The molecule has 3 heterocycles. The number of aliphatic imine (C=N–C) groups is 1. The quantitative estimate of drug-likeness (QED) is 0.749. The van der Waals surface area contributed by atoms with E-state index in [1.807, 2.05) is 26.0 Å². The van der Waals surface area contributed by atoms with Gasteiger partial charge in [-0.1, -0.05) is 35.9 Å². The second-order valence-electron chi connectivity index (χ2n) is 9.10. The van der Waals surface area contributed by atoms with Crippen LogP contribution in [0, 0.1) is 27.7 Å². The lowest BCUT2D eigenvalue weighted by molar-refractivity contribution is -0.137. The van der Waals surface area contributed by atoms with E-state index in [2.05, 4.69) is 47.9 Å². The molecule has 32 heavy (non-hydrogen) atoms. The minimum Gasteiger partial charge on any atom is -0.325 e. The summed E-state index contributed by atoms with van der Waals surface area (Å²) < 4.78 is 0. The molecule has 2 unspecified atom stereocenters. The standard InChI is InChI=1S/C25H29N5O2/c1-15-9-10-17(3)19(13-15)14-30-23(31)21-22(27(5)25(30)32)26-24-28(11-12-29(21)24)20-8-6-7-16(2)18(20)4/h6-10,13,21-22H,11-12,14H2,1-5H3. The van der Waals surface area contributed by atoms with Crippen molar-refractivity contribution < 1.29 is 9.59 Å². The van der Waals surface area contributed by atoms with Crippen molar-refractivity contribution in [2.75, 3.05) is 25.0 Å². The number of rotatable bonds is 3. The lowest BCUT2D eigenvalue weighted by Gasteiger charge is -2.40. The summed E-state index contributed by atoms with van der Waals surface area (Å²) in [5.74, 6) is 0.621. The summed E-state index contributed by atoms with van der Waals surface area (Å²) >= 11 is 0. The molecule has 2 saturated heterocycles. The number of likely N-dealkylation sites (N-methyl/N-ethyl adjacent to an activating group) is 1. The third-order valence-corrected chi connectivity index (χ3v) is 7.08. The van der Waals surface area contributed by atoms with Crippen molar-refractivity contribution in [3.8, 4) is 0 Å². The molecule has 0 aromatic heterocycles. The van der Waals surface area contributed by atoms with Gasteiger partial charge in [0, 0.05) is 25.8 Å². The number of amides is 3. The molecule has 3 aliphatic rings. The van der Waals surface area contributed by atoms with Gasteiger partial charge < -0.3 is 14.7 Å². The first-order chi connectivity index (χ1) is 15.3. The smallest absolute Gasteiger partial charge is 0.325 e. The predicted molar refractivity (Wildman–Crippen MR) is 125 cm³/mol. The Balaban J connectivity index is 1.46. The van der Waals surface area contributed by atoms with Crippen LogP contribution in [0.4, 0.5) is 10.5 Å². The van der Waals surface area contributed by atoms with Crippen LogP contribution in [-0.4, -0.2) is 64.9 Å². The Morgan fingerprint density at radius 2 is 1.78 bits per heavy atom. The average molecular weight is 432 g/mol.